The van der Waals surface area contributed by atoms with Crippen LogP contribution >= 0.6 is 0 Å². The monoisotopic (exact) mass is 725 g/mol. The van der Waals surface area contributed by atoms with E-state index in [1.807, 2.05) is 0 Å². The number of rotatable bonds is 8. The van der Waals surface area contributed by atoms with Gasteiger partial charge in [-0.1, -0.05) is 206 Å². The molecule has 0 bridgehead atoms. The van der Waals surface area contributed by atoms with Gasteiger partial charge in [0.05, 0.1) is 11.4 Å². The molecule has 10 rings (SSSR count). The van der Waals surface area contributed by atoms with E-state index in [2.05, 4.69) is 241 Å². The second-order valence-electron chi connectivity index (χ2n) is 14.4. The van der Waals surface area contributed by atoms with Gasteiger partial charge in [0, 0.05) is 16.8 Å². The Kier molecular flexibility index (Phi) is 8.95. The number of nitrogens with zero attached hydrogens (tertiary/aromatic N) is 1. The lowest BCUT2D eigenvalue weighted by molar-refractivity contribution is 1.28. The number of hydrogen-bond acceptors (Lipinski definition) is 1. The number of anilines is 3. The van der Waals surface area contributed by atoms with Gasteiger partial charge in [-0.25, -0.2) is 0 Å². The van der Waals surface area contributed by atoms with Crippen molar-refractivity contribution in [1.29, 1.82) is 0 Å². The third kappa shape index (κ3) is 6.36. The van der Waals surface area contributed by atoms with Crippen LogP contribution in [-0.2, 0) is 0 Å². The van der Waals surface area contributed by atoms with E-state index in [-0.39, 0.29) is 0 Å². The van der Waals surface area contributed by atoms with E-state index in [1.165, 1.54) is 60.5 Å². The molecule has 0 radical (unpaired) electrons. The summed E-state index contributed by atoms with van der Waals surface area (Å²) in [6.45, 7) is 0. The van der Waals surface area contributed by atoms with Crippen LogP contribution in [0.25, 0.3) is 77.2 Å². The fourth-order valence-corrected chi connectivity index (χ4v) is 8.46. The lowest BCUT2D eigenvalue weighted by Gasteiger charge is -2.32. The maximum atomic E-state index is 2.47. The first-order valence-corrected chi connectivity index (χ1v) is 19.6. The first kappa shape index (κ1) is 34.0. The highest BCUT2D eigenvalue weighted by molar-refractivity contribution is 6.17. The van der Waals surface area contributed by atoms with Gasteiger partial charge in [0.15, 0.2) is 0 Å². The minimum Gasteiger partial charge on any atom is -0.309 e. The average Bonchev–Trinajstić information content (AvgIpc) is 3.30. The van der Waals surface area contributed by atoms with E-state index in [0.717, 1.165) is 33.8 Å². The molecule has 10 aromatic rings. The Morgan fingerprint density at radius 1 is 0.263 bits per heavy atom. The maximum Gasteiger partial charge on any atom is 0.0546 e. The molecular weight excluding hydrogens is 687 g/mol. The summed E-state index contributed by atoms with van der Waals surface area (Å²) >= 11 is 0. The molecular formula is C56H39N. The molecule has 1 nitrogen and oxygen atoms in total. The molecule has 268 valence electrons. The van der Waals surface area contributed by atoms with Crippen LogP contribution in [0, 0.1) is 0 Å². The predicted molar refractivity (Wildman–Crippen MR) is 243 cm³/mol. The van der Waals surface area contributed by atoms with Crippen molar-refractivity contribution in [2.24, 2.45) is 0 Å². The number of fused-ring (bicyclic) bond motifs is 3. The van der Waals surface area contributed by atoms with Crippen molar-refractivity contribution in [3.05, 3.63) is 237 Å². The topological polar surface area (TPSA) is 3.24 Å². The molecule has 0 unspecified atom stereocenters. The molecule has 0 saturated carbocycles. The summed E-state index contributed by atoms with van der Waals surface area (Å²) in [5, 5.41) is 4.99. The normalized spacial score (nSPS) is 11.2. The number of para-hydroxylation sites is 1. The third-order valence-corrected chi connectivity index (χ3v) is 11.1. The van der Waals surface area contributed by atoms with Crippen LogP contribution in [0.1, 0.15) is 0 Å². The quantitative estimate of drug-likeness (QED) is 0.141. The van der Waals surface area contributed by atoms with E-state index in [0.29, 0.717) is 0 Å². The van der Waals surface area contributed by atoms with Crippen molar-refractivity contribution < 1.29 is 0 Å². The Labute approximate surface area is 334 Å². The summed E-state index contributed by atoms with van der Waals surface area (Å²) in [5.41, 5.74) is 15.1. The van der Waals surface area contributed by atoms with E-state index < -0.39 is 0 Å². The zero-order valence-electron chi connectivity index (χ0n) is 31.5. The third-order valence-electron chi connectivity index (χ3n) is 11.1. The van der Waals surface area contributed by atoms with Gasteiger partial charge in [0.25, 0.3) is 0 Å². The minimum atomic E-state index is 1.09. The average molecular weight is 726 g/mol. The number of benzene rings is 10. The summed E-state index contributed by atoms with van der Waals surface area (Å²) in [6.07, 6.45) is 0. The molecule has 0 aliphatic heterocycles. The SMILES string of the molecule is c1ccc(-c2ccc(N(c3ccccc3)c3ccc(-c4cccc5ccc6ccccc6c45)c(-c4ccccc4)c3-c3ccccc3)c(-c3ccccc3)c2)cc1. The van der Waals surface area contributed by atoms with Gasteiger partial charge < -0.3 is 4.90 Å². The highest BCUT2D eigenvalue weighted by atomic mass is 15.1. The van der Waals surface area contributed by atoms with Crippen molar-refractivity contribution in [2.45, 2.75) is 0 Å². The van der Waals surface area contributed by atoms with Gasteiger partial charge in [0.2, 0.25) is 0 Å². The standard InChI is InChI=1S/C56H39N/c1-6-19-40(20-7-1)46-35-37-52(51(39-46)41-21-8-2-9-22-41)57(47-29-14-5-15-30-47)53-38-36-50(49-32-18-28-45-34-33-42-23-16-17-31-48(42)54(45)49)55(43-24-10-3-11-25-43)56(53)44-26-12-4-13-27-44/h1-39H. The van der Waals surface area contributed by atoms with Crippen LogP contribution < -0.4 is 4.90 Å². The van der Waals surface area contributed by atoms with E-state index in [9.17, 15) is 0 Å². The summed E-state index contributed by atoms with van der Waals surface area (Å²) in [7, 11) is 0. The Morgan fingerprint density at radius 2 is 0.789 bits per heavy atom. The van der Waals surface area contributed by atoms with Crippen molar-refractivity contribution in [1.82, 2.24) is 0 Å². The fraction of sp³-hybridized carbons (Fsp3) is 0. The second-order valence-corrected chi connectivity index (χ2v) is 14.4. The Balaban J connectivity index is 1.33. The molecule has 0 fully saturated rings. The molecule has 0 amide bonds. The molecule has 57 heavy (non-hydrogen) atoms. The van der Waals surface area contributed by atoms with Crippen LogP contribution in [0.5, 0.6) is 0 Å². The summed E-state index contributed by atoms with van der Waals surface area (Å²) in [5.74, 6) is 0. The second kappa shape index (κ2) is 15.0. The molecule has 1 heteroatoms. The van der Waals surface area contributed by atoms with Gasteiger partial charge in [-0.15, -0.1) is 0 Å². The largest absolute Gasteiger partial charge is 0.309 e. The molecule has 0 aromatic heterocycles. The molecule has 0 heterocycles. The Morgan fingerprint density at radius 3 is 1.47 bits per heavy atom. The van der Waals surface area contributed by atoms with Gasteiger partial charge in [0.1, 0.15) is 0 Å². The van der Waals surface area contributed by atoms with Crippen molar-refractivity contribution in [3.8, 4) is 55.6 Å². The number of hydrogen-bond donors (Lipinski definition) is 0. The van der Waals surface area contributed by atoms with Gasteiger partial charge in [-0.3, -0.25) is 0 Å². The predicted octanol–water partition coefficient (Wildman–Crippen LogP) is 15.8. The first-order chi connectivity index (χ1) is 28.3. The van der Waals surface area contributed by atoms with E-state index in [4.69, 9.17) is 0 Å². The van der Waals surface area contributed by atoms with Gasteiger partial charge in [-0.05, 0) is 96.4 Å². The minimum absolute atomic E-state index is 1.09. The molecule has 0 aliphatic carbocycles. The van der Waals surface area contributed by atoms with E-state index in [1.54, 1.807) is 0 Å². The molecule has 0 N–H and O–H groups in total. The lowest BCUT2D eigenvalue weighted by Crippen LogP contribution is -2.13. The summed E-state index contributed by atoms with van der Waals surface area (Å²) in [4.78, 5) is 2.47. The van der Waals surface area contributed by atoms with Gasteiger partial charge in [-0.2, -0.15) is 0 Å². The van der Waals surface area contributed by atoms with Crippen LogP contribution in [-0.4, -0.2) is 0 Å². The van der Waals surface area contributed by atoms with E-state index >= 15 is 0 Å². The highest BCUT2D eigenvalue weighted by Gasteiger charge is 2.26. The Bertz CT molecular complexity index is 2970. The van der Waals surface area contributed by atoms with Crippen molar-refractivity contribution >= 4 is 38.6 Å². The molecule has 0 spiro atoms. The van der Waals surface area contributed by atoms with Crippen LogP contribution in [0.4, 0.5) is 17.1 Å². The van der Waals surface area contributed by atoms with Crippen LogP contribution in [0.2, 0.25) is 0 Å². The molecule has 0 aliphatic rings. The highest BCUT2D eigenvalue weighted by Crippen LogP contribution is 2.52. The van der Waals surface area contributed by atoms with Crippen LogP contribution in [0.3, 0.4) is 0 Å². The lowest BCUT2D eigenvalue weighted by atomic mass is 9.83. The Hall–Kier alpha value is -7.48. The van der Waals surface area contributed by atoms with Crippen molar-refractivity contribution in [2.75, 3.05) is 4.90 Å². The molecule has 10 aromatic carbocycles. The van der Waals surface area contributed by atoms with Crippen LogP contribution in [0.15, 0.2) is 237 Å². The zero-order valence-corrected chi connectivity index (χ0v) is 31.5. The molecule has 0 saturated heterocycles. The fourth-order valence-electron chi connectivity index (χ4n) is 8.46. The molecule has 0 atom stereocenters. The first-order valence-electron chi connectivity index (χ1n) is 19.6. The summed E-state index contributed by atoms with van der Waals surface area (Å²) in [6, 6.07) is 85.8. The van der Waals surface area contributed by atoms with Gasteiger partial charge >= 0.3 is 0 Å². The summed E-state index contributed by atoms with van der Waals surface area (Å²) < 4.78 is 0. The smallest absolute Gasteiger partial charge is 0.0546 e. The zero-order chi connectivity index (χ0) is 38.0. The van der Waals surface area contributed by atoms with Crippen molar-refractivity contribution in [3.63, 3.8) is 0 Å². The maximum absolute atomic E-state index is 2.47.